The van der Waals surface area contributed by atoms with E-state index in [1.165, 1.54) is 0 Å². The maximum Gasteiger partial charge on any atom is 0.227 e. The van der Waals surface area contributed by atoms with Gasteiger partial charge in [-0.15, -0.1) is 0 Å². The highest BCUT2D eigenvalue weighted by Crippen LogP contribution is 2.29. The predicted octanol–water partition coefficient (Wildman–Crippen LogP) is 3.60. The van der Waals surface area contributed by atoms with Crippen molar-refractivity contribution in [3.8, 4) is 0 Å². The Morgan fingerprint density at radius 2 is 1.87 bits per heavy atom. The van der Waals surface area contributed by atoms with Crippen LogP contribution in [-0.4, -0.2) is 4.98 Å². The first kappa shape index (κ1) is 8.48. The number of fused-ring (bicyclic) bond motifs is 3. The third-order valence-corrected chi connectivity index (χ3v) is 2.70. The van der Waals surface area contributed by atoms with Gasteiger partial charge in [-0.25, -0.2) is 4.98 Å². The van der Waals surface area contributed by atoms with Crippen molar-refractivity contribution in [2.24, 2.45) is 0 Å². The molecular weight excluding hydrogens is 186 g/mol. The predicted molar refractivity (Wildman–Crippen MR) is 61.0 cm³/mol. The van der Waals surface area contributed by atoms with Crippen LogP contribution in [0.2, 0.25) is 0 Å². The number of rotatable bonds is 0. The fourth-order valence-electron chi connectivity index (χ4n) is 1.91. The normalized spacial score (nSPS) is 11.3. The van der Waals surface area contributed by atoms with Crippen molar-refractivity contribution < 1.29 is 4.42 Å². The van der Waals surface area contributed by atoms with Gasteiger partial charge < -0.3 is 4.42 Å². The van der Waals surface area contributed by atoms with Gasteiger partial charge in [0.15, 0.2) is 0 Å². The molecule has 0 amide bonds. The smallest absolute Gasteiger partial charge is 0.227 e. The van der Waals surface area contributed by atoms with Crippen LogP contribution in [0.25, 0.3) is 22.1 Å². The highest BCUT2D eigenvalue weighted by atomic mass is 16.3. The molecule has 1 aromatic carbocycles. The molecule has 0 aliphatic heterocycles. The average molecular weight is 197 g/mol. The quantitative estimate of drug-likeness (QED) is 0.550. The van der Waals surface area contributed by atoms with E-state index in [0.717, 1.165) is 33.3 Å². The van der Waals surface area contributed by atoms with Crippen LogP contribution in [0.4, 0.5) is 0 Å². The minimum atomic E-state index is 0.735. The van der Waals surface area contributed by atoms with Gasteiger partial charge in [-0.2, -0.15) is 0 Å². The molecule has 2 heterocycles. The van der Waals surface area contributed by atoms with Crippen molar-refractivity contribution in [2.45, 2.75) is 13.8 Å². The van der Waals surface area contributed by atoms with Gasteiger partial charge in [0.05, 0.1) is 0 Å². The summed E-state index contributed by atoms with van der Waals surface area (Å²) in [7, 11) is 0. The Labute approximate surface area is 87.5 Å². The molecule has 2 nitrogen and oxygen atoms in total. The van der Waals surface area contributed by atoms with Crippen molar-refractivity contribution in [1.29, 1.82) is 0 Å². The number of nitrogens with zero attached hydrogens (tertiary/aromatic N) is 1. The van der Waals surface area contributed by atoms with Gasteiger partial charge in [0.1, 0.15) is 5.58 Å². The van der Waals surface area contributed by atoms with Crippen LogP contribution in [0.3, 0.4) is 0 Å². The lowest BCUT2D eigenvalue weighted by Crippen LogP contribution is -1.77. The number of hydrogen-bond donors (Lipinski definition) is 0. The van der Waals surface area contributed by atoms with E-state index in [-0.39, 0.29) is 0 Å². The lowest BCUT2D eigenvalue weighted by Gasteiger charge is -1.91. The summed E-state index contributed by atoms with van der Waals surface area (Å²) in [6.07, 6.45) is 0. The third-order valence-electron chi connectivity index (χ3n) is 2.70. The molecule has 3 aromatic rings. The zero-order valence-corrected chi connectivity index (χ0v) is 8.74. The van der Waals surface area contributed by atoms with E-state index in [4.69, 9.17) is 4.42 Å². The lowest BCUT2D eigenvalue weighted by atomic mass is 10.1. The molecule has 0 saturated heterocycles. The van der Waals surface area contributed by atoms with E-state index in [1.807, 2.05) is 19.1 Å². The van der Waals surface area contributed by atoms with Crippen molar-refractivity contribution in [3.63, 3.8) is 0 Å². The van der Waals surface area contributed by atoms with Gasteiger partial charge >= 0.3 is 0 Å². The first-order valence-electron chi connectivity index (χ1n) is 5.01. The molecule has 0 spiro atoms. The Hall–Kier alpha value is -1.83. The molecule has 0 radical (unpaired) electrons. The molecule has 2 heteroatoms. The number of furan rings is 1. The maximum atomic E-state index is 5.75. The Morgan fingerprint density at radius 1 is 1.00 bits per heavy atom. The average Bonchev–Trinajstić information content (AvgIpc) is 2.57. The monoisotopic (exact) mass is 197 g/mol. The van der Waals surface area contributed by atoms with E-state index >= 15 is 0 Å². The fraction of sp³-hybridized carbons (Fsp3) is 0.154. The Kier molecular flexibility index (Phi) is 1.60. The number of hydrogen-bond acceptors (Lipinski definition) is 2. The standard InChI is InChI=1S/C13H11NO/c1-8-4-3-5-10-11-7-6-9(2)14-13(11)15-12(8)10/h3-7H,1-2H3. The van der Waals surface area contributed by atoms with Crippen molar-refractivity contribution in [3.05, 3.63) is 41.6 Å². The minimum absolute atomic E-state index is 0.735. The fourth-order valence-corrected chi connectivity index (χ4v) is 1.91. The number of aromatic nitrogens is 1. The second kappa shape index (κ2) is 2.83. The summed E-state index contributed by atoms with van der Waals surface area (Å²) in [5, 5.41) is 2.25. The number of benzene rings is 1. The van der Waals surface area contributed by atoms with Gasteiger partial charge in [-0.05, 0) is 31.5 Å². The molecule has 0 bridgehead atoms. The van der Waals surface area contributed by atoms with Crippen LogP contribution >= 0.6 is 0 Å². The number of para-hydroxylation sites is 1. The lowest BCUT2D eigenvalue weighted by molar-refractivity contribution is 0.650. The highest BCUT2D eigenvalue weighted by Gasteiger charge is 2.08. The molecule has 0 N–H and O–H groups in total. The van der Waals surface area contributed by atoms with Crippen LogP contribution in [0.5, 0.6) is 0 Å². The SMILES string of the molecule is Cc1ccc2c(n1)oc1c(C)cccc12. The van der Waals surface area contributed by atoms with Crippen LogP contribution in [0.1, 0.15) is 11.3 Å². The first-order valence-corrected chi connectivity index (χ1v) is 5.01. The summed E-state index contributed by atoms with van der Waals surface area (Å²) in [6.45, 7) is 4.02. The van der Waals surface area contributed by atoms with Gasteiger partial charge in [0.2, 0.25) is 5.71 Å². The van der Waals surface area contributed by atoms with Crippen LogP contribution < -0.4 is 0 Å². The Bertz CT molecular complexity index is 652. The zero-order valence-electron chi connectivity index (χ0n) is 8.74. The third kappa shape index (κ3) is 1.14. The zero-order chi connectivity index (χ0) is 10.4. The Balaban J connectivity index is 2.57. The van der Waals surface area contributed by atoms with Crippen molar-refractivity contribution >= 4 is 22.1 Å². The van der Waals surface area contributed by atoms with Gasteiger partial charge in [0, 0.05) is 16.5 Å². The molecule has 74 valence electrons. The van der Waals surface area contributed by atoms with Crippen molar-refractivity contribution in [1.82, 2.24) is 4.98 Å². The molecular formula is C13H11NO. The molecule has 3 rings (SSSR count). The summed E-state index contributed by atoms with van der Waals surface area (Å²) in [5.41, 5.74) is 3.83. The van der Waals surface area contributed by atoms with Crippen molar-refractivity contribution in [2.75, 3.05) is 0 Å². The molecule has 2 aromatic heterocycles. The highest BCUT2D eigenvalue weighted by molar-refractivity contribution is 6.04. The summed E-state index contributed by atoms with van der Waals surface area (Å²) in [6, 6.07) is 10.3. The number of pyridine rings is 1. The van der Waals surface area contributed by atoms with Crippen LogP contribution in [-0.2, 0) is 0 Å². The minimum Gasteiger partial charge on any atom is -0.437 e. The van der Waals surface area contributed by atoms with Gasteiger partial charge in [-0.1, -0.05) is 18.2 Å². The second-order valence-corrected chi connectivity index (χ2v) is 3.86. The Morgan fingerprint density at radius 3 is 2.73 bits per heavy atom. The summed E-state index contributed by atoms with van der Waals surface area (Å²) in [4.78, 5) is 4.39. The van der Waals surface area contributed by atoms with Crippen LogP contribution in [0, 0.1) is 13.8 Å². The topological polar surface area (TPSA) is 26.0 Å². The molecule has 0 saturated carbocycles. The van der Waals surface area contributed by atoms with E-state index in [9.17, 15) is 0 Å². The maximum absolute atomic E-state index is 5.75. The largest absolute Gasteiger partial charge is 0.437 e. The molecule has 15 heavy (non-hydrogen) atoms. The molecule has 0 atom stereocenters. The van der Waals surface area contributed by atoms with E-state index in [2.05, 4.69) is 30.1 Å². The molecule has 0 aliphatic rings. The van der Waals surface area contributed by atoms with Gasteiger partial charge in [0.25, 0.3) is 0 Å². The molecule has 0 unspecified atom stereocenters. The van der Waals surface area contributed by atoms with Crippen LogP contribution in [0.15, 0.2) is 34.7 Å². The molecule has 0 fully saturated rings. The first-order chi connectivity index (χ1) is 7.25. The van der Waals surface area contributed by atoms with E-state index in [0.29, 0.717) is 0 Å². The summed E-state index contributed by atoms with van der Waals surface area (Å²) >= 11 is 0. The second-order valence-electron chi connectivity index (χ2n) is 3.86. The molecule has 0 aliphatic carbocycles. The van der Waals surface area contributed by atoms with E-state index < -0.39 is 0 Å². The summed E-state index contributed by atoms with van der Waals surface area (Å²) < 4.78 is 5.75. The summed E-state index contributed by atoms with van der Waals surface area (Å²) in [5.74, 6) is 0. The number of aryl methyl sites for hydroxylation is 2. The van der Waals surface area contributed by atoms with E-state index in [1.54, 1.807) is 0 Å². The van der Waals surface area contributed by atoms with Gasteiger partial charge in [-0.3, -0.25) is 0 Å².